The van der Waals surface area contributed by atoms with Crippen molar-refractivity contribution in [1.29, 1.82) is 0 Å². The van der Waals surface area contributed by atoms with E-state index in [0.717, 1.165) is 6.42 Å². The molecule has 1 N–H and O–H groups in total. The number of nitrogens with zero attached hydrogens (tertiary/aromatic N) is 1. The molecule has 0 aliphatic rings. The van der Waals surface area contributed by atoms with E-state index >= 15 is 0 Å². The molecule has 20 heavy (non-hydrogen) atoms. The first kappa shape index (κ1) is 14.8. The minimum Gasteiger partial charge on any atom is -0.306 e. The van der Waals surface area contributed by atoms with Gasteiger partial charge in [0.15, 0.2) is 0 Å². The minimum absolute atomic E-state index is 0.0537. The lowest BCUT2D eigenvalue weighted by atomic mass is 10.1. The van der Waals surface area contributed by atoms with Gasteiger partial charge in [0.25, 0.3) is 12.0 Å². The van der Waals surface area contributed by atoms with Crippen molar-refractivity contribution >= 4 is 15.9 Å². The molecule has 6 heteroatoms. The molecule has 0 aliphatic carbocycles. The topological polar surface area (TPSA) is 45.8 Å². The van der Waals surface area contributed by atoms with Crippen LogP contribution in [0.3, 0.4) is 0 Å². The van der Waals surface area contributed by atoms with Crippen molar-refractivity contribution < 1.29 is 8.78 Å². The van der Waals surface area contributed by atoms with Gasteiger partial charge >= 0.3 is 0 Å². The fraction of sp³-hybridized carbons (Fsp3) is 0.286. The second-order valence-electron chi connectivity index (χ2n) is 4.35. The zero-order valence-electron chi connectivity index (χ0n) is 10.8. The van der Waals surface area contributed by atoms with Gasteiger partial charge in [0.1, 0.15) is 10.3 Å². The van der Waals surface area contributed by atoms with Crippen LogP contribution in [0, 0.1) is 0 Å². The van der Waals surface area contributed by atoms with Gasteiger partial charge in [0.2, 0.25) is 0 Å². The fourth-order valence-electron chi connectivity index (χ4n) is 1.83. The highest BCUT2D eigenvalue weighted by molar-refractivity contribution is 9.10. The van der Waals surface area contributed by atoms with Gasteiger partial charge in [-0.25, -0.2) is 13.8 Å². The van der Waals surface area contributed by atoms with Crippen LogP contribution in [0.2, 0.25) is 0 Å². The van der Waals surface area contributed by atoms with E-state index < -0.39 is 6.43 Å². The van der Waals surface area contributed by atoms with Gasteiger partial charge in [-0.2, -0.15) is 0 Å². The van der Waals surface area contributed by atoms with Gasteiger partial charge in [-0.1, -0.05) is 37.6 Å². The molecule has 0 amide bonds. The predicted octanol–water partition coefficient (Wildman–Crippen LogP) is 4.09. The number of aryl methyl sites for hydroxylation is 1. The Kier molecular flexibility index (Phi) is 4.65. The van der Waals surface area contributed by atoms with Gasteiger partial charge in [0.05, 0.1) is 5.69 Å². The molecule has 1 aromatic carbocycles. The van der Waals surface area contributed by atoms with Crippen molar-refractivity contribution in [3.8, 4) is 11.4 Å². The number of H-pyrrole nitrogens is 1. The van der Waals surface area contributed by atoms with Crippen LogP contribution >= 0.6 is 15.9 Å². The van der Waals surface area contributed by atoms with Crippen molar-refractivity contribution in [2.24, 2.45) is 0 Å². The molecule has 2 rings (SSSR count). The van der Waals surface area contributed by atoms with E-state index in [1.807, 2.05) is 6.92 Å². The van der Waals surface area contributed by atoms with Crippen LogP contribution in [-0.2, 0) is 6.42 Å². The van der Waals surface area contributed by atoms with Crippen molar-refractivity contribution in [2.75, 3.05) is 0 Å². The summed E-state index contributed by atoms with van der Waals surface area (Å²) in [4.78, 5) is 18.8. The van der Waals surface area contributed by atoms with Crippen LogP contribution in [-0.4, -0.2) is 9.97 Å². The zero-order chi connectivity index (χ0) is 14.7. The summed E-state index contributed by atoms with van der Waals surface area (Å²) in [6, 6.07) is 5.73. The third-order valence-corrected chi connectivity index (χ3v) is 3.67. The molecule has 2 aromatic rings. The summed E-state index contributed by atoms with van der Waals surface area (Å²) in [5.74, 6) is 0.391. The minimum atomic E-state index is -2.50. The molecule has 0 bridgehead atoms. The highest BCUT2D eigenvalue weighted by atomic mass is 79.9. The van der Waals surface area contributed by atoms with E-state index in [-0.39, 0.29) is 11.1 Å². The second kappa shape index (κ2) is 6.26. The van der Waals surface area contributed by atoms with Crippen LogP contribution in [0.15, 0.2) is 33.5 Å². The maximum absolute atomic E-state index is 12.5. The summed E-state index contributed by atoms with van der Waals surface area (Å²) < 4.78 is 25.4. The number of nitrogens with one attached hydrogen (secondary N) is 1. The van der Waals surface area contributed by atoms with Crippen LogP contribution in [0.25, 0.3) is 11.4 Å². The van der Waals surface area contributed by atoms with E-state index in [4.69, 9.17) is 0 Å². The highest BCUT2D eigenvalue weighted by Gasteiger charge is 2.11. The Balaban J connectivity index is 2.44. The Labute approximate surface area is 123 Å². The van der Waals surface area contributed by atoms with Gasteiger partial charge in [-0.3, -0.25) is 4.79 Å². The molecule has 1 heterocycles. The monoisotopic (exact) mass is 342 g/mol. The van der Waals surface area contributed by atoms with E-state index in [9.17, 15) is 13.6 Å². The molecule has 0 saturated heterocycles. The Morgan fingerprint density at radius 3 is 2.50 bits per heavy atom. The van der Waals surface area contributed by atoms with Gasteiger partial charge in [-0.15, -0.1) is 0 Å². The van der Waals surface area contributed by atoms with Crippen LogP contribution < -0.4 is 5.56 Å². The van der Waals surface area contributed by atoms with Crippen molar-refractivity contribution in [3.63, 3.8) is 0 Å². The van der Waals surface area contributed by atoms with Crippen LogP contribution in [0.4, 0.5) is 8.78 Å². The van der Waals surface area contributed by atoms with E-state index in [0.29, 0.717) is 28.0 Å². The number of hydrogen-bond acceptors (Lipinski definition) is 2. The smallest absolute Gasteiger partial charge is 0.265 e. The molecule has 0 atom stereocenters. The summed E-state index contributed by atoms with van der Waals surface area (Å²) in [6.07, 6.45) is -0.970. The Bertz CT molecular complexity index is 653. The Morgan fingerprint density at radius 1 is 1.30 bits per heavy atom. The number of halogens is 3. The van der Waals surface area contributed by atoms with Crippen molar-refractivity contribution in [1.82, 2.24) is 9.97 Å². The summed E-state index contributed by atoms with van der Waals surface area (Å²) in [5.41, 5.74) is 0.957. The lowest BCUT2D eigenvalue weighted by Gasteiger charge is -2.07. The highest BCUT2D eigenvalue weighted by Crippen LogP contribution is 2.23. The summed E-state index contributed by atoms with van der Waals surface area (Å²) >= 11 is 3.21. The normalized spacial score (nSPS) is 11.1. The largest absolute Gasteiger partial charge is 0.306 e. The van der Waals surface area contributed by atoms with E-state index in [2.05, 4.69) is 25.9 Å². The van der Waals surface area contributed by atoms with Crippen LogP contribution in [0.5, 0.6) is 0 Å². The SMILES string of the molecule is CCCc1nc(-c2ccc(C(F)F)cc2)[nH]c(=O)c1Br. The van der Waals surface area contributed by atoms with E-state index in [1.165, 1.54) is 24.3 Å². The molecule has 0 radical (unpaired) electrons. The molecule has 0 spiro atoms. The average molecular weight is 343 g/mol. The molecular weight excluding hydrogens is 330 g/mol. The average Bonchev–Trinajstić information content (AvgIpc) is 2.44. The Morgan fingerprint density at radius 2 is 1.95 bits per heavy atom. The molecular formula is C14H13BrF2N2O. The number of aromatic amines is 1. The number of alkyl halides is 2. The van der Waals surface area contributed by atoms with Crippen molar-refractivity contribution in [3.05, 3.63) is 50.3 Å². The lowest BCUT2D eigenvalue weighted by molar-refractivity contribution is 0.151. The Hall–Kier alpha value is -1.56. The predicted molar refractivity (Wildman–Crippen MR) is 76.9 cm³/mol. The van der Waals surface area contributed by atoms with Crippen molar-refractivity contribution in [2.45, 2.75) is 26.2 Å². The molecule has 3 nitrogen and oxygen atoms in total. The molecule has 0 aliphatic heterocycles. The van der Waals surface area contributed by atoms with Crippen LogP contribution in [0.1, 0.15) is 31.0 Å². The molecule has 0 saturated carbocycles. The summed E-state index contributed by atoms with van der Waals surface area (Å²) in [5, 5.41) is 0. The first-order chi connectivity index (χ1) is 9.52. The number of aromatic nitrogens is 2. The number of benzene rings is 1. The maximum Gasteiger partial charge on any atom is 0.265 e. The third kappa shape index (κ3) is 3.12. The zero-order valence-corrected chi connectivity index (χ0v) is 12.4. The fourth-order valence-corrected chi connectivity index (χ4v) is 2.22. The maximum atomic E-state index is 12.5. The third-order valence-electron chi connectivity index (χ3n) is 2.85. The summed E-state index contributed by atoms with van der Waals surface area (Å²) in [6.45, 7) is 1.99. The second-order valence-corrected chi connectivity index (χ2v) is 5.14. The number of rotatable bonds is 4. The first-order valence-corrected chi connectivity index (χ1v) is 6.99. The molecule has 1 aromatic heterocycles. The van der Waals surface area contributed by atoms with E-state index in [1.54, 1.807) is 0 Å². The lowest BCUT2D eigenvalue weighted by Crippen LogP contribution is -2.13. The molecule has 0 unspecified atom stereocenters. The van der Waals surface area contributed by atoms with Gasteiger partial charge < -0.3 is 4.98 Å². The summed E-state index contributed by atoms with van der Waals surface area (Å²) in [7, 11) is 0. The van der Waals surface area contributed by atoms with Gasteiger partial charge in [-0.05, 0) is 22.4 Å². The standard InChI is InChI=1S/C14H13BrF2N2O/c1-2-3-10-11(15)14(20)19-13(18-10)9-6-4-8(5-7-9)12(16)17/h4-7,12H,2-3H2,1H3,(H,18,19,20). The number of hydrogen-bond donors (Lipinski definition) is 1. The molecule has 106 valence electrons. The molecule has 0 fully saturated rings. The quantitative estimate of drug-likeness (QED) is 0.909. The first-order valence-electron chi connectivity index (χ1n) is 6.20. The van der Waals surface area contributed by atoms with Gasteiger partial charge in [0, 0.05) is 11.1 Å².